The van der Waals surface area contributed by atoms with Gasteiger partial charge >= 0.3 is 0 Å². The molecule has 0 aliphatic carbocycles. The third-order valence-corrected chi connectivity index (χ3v) is 6.02. The van der Waals surface area contributed by atoms with Crippen LogP contribution in [0.1, 0.15) is 16.9 Å². The first-order chi connectivity index (χ1) is 9.79. The van der Waals surface area contributed by atoms with Gasteiger partial charge in [0.05, 0.1) is 3.79 Å². The van der Waals surface area contributed by atoms with Crippen LogP contribution in [0.25, 0.3) is 0 Å². The fraction of sp³-hybridized carbons (Fsp3) is 0.467. The molecule has 1 fully saturated rings. The number of nitrogens with zero attached hydrogens (tertiary/aromatic N) is 2. The predicted molar refractivity (Wildman–Crippen MR) is 91.5 cm³/mol. The van der Waals surface area contributed by atoms with Crippen molar-refractivity contribution in [3.05, 3.63) is 43.2 Å². The zero-order valence-electron chi connectivity index (χ0n) is 11.4. The van der Waals surface area contributed by atoms with Gasteiger partial charge < -0.3 is 0 Å². The van der Waals surface area contributed by atoms with Crippen molar-refractivity contribution < 1.29 is 0 Å². The van der Waals surface area contributed by atoms with E-state index in [1.165, 1.54) is 46.8 Å². The summed E-state index contributed by atoms with van der Waals surface area (Å²) in [6, 6.07) is 6.64. The molecule has 108 valence electrons. The van der Waals surface area contributed by atoms with E-state index in [4.69, 9.17) is 0 Å². The van der Waals surface area contributed by atoms with E-state index >= 15 is 0 Å². The summed E-state index contributed by atoms with van der Waals surface area (Å²) < 4.78 is 1.24. The van der Waals surface area contributed by atoms with E-state index in [1.54, 1.807) is 11.3 Å². The van der Waals surface area contributed by atoms with Gasteiger partial charge in [-0.2, -0.15) is 11.3 Å². The molecule has 1 aliphatic rings. The van der Waals surface area contributed by atoms with Crippen LogP contribution in [0.4, 0.5) is 0 Å². The van der Waals surface area contributed by atoms with E-state index in [2.05, 4.69) is 54.7 Å². The topological polar surface area (TPSA) is 6.48 Å². The van der Waals surface area contributed by atoms with Gasteiger partial charge in [0.1, 0.15) is 0 Å². The average Bonchev–Trinajstić information content (AvgIpc) is 3.01. The number of hydrogen-bond donors (Lipinski definition) is 0. The largest absolute Gasteiger partial charge is 0.298 e. The first-order valence-corrected chi connectivity index (χ1v) is 9.55. The average molecular weight is 371 g/mol. The standard InChI is InChI=1S/C15H19BrN2S2/c16-15-3-2-14(20-15)11-18-6-1-5-17(7-8-18)10-13-4-9-19-12-13/h2-4,9,12H,1,5-8,10-11H2. The zero-order chi connectivity index (χ0) is 13.8. The lowest BCUT2D eigenvalue weighted by molar-refractivity contribution is 0.248. The van der Waals surface area contributed by atoms with Crippen LogP contribution in [0, 0.1) is 0 Å². The molecule has 0 aromatic carbocycles. The molecule has 0 unspecified atom stereocenters. The van der Waals surface area contributed by atoms with E-state index in [-0.39, 0.29) is 0 Å². The van der Waals surface area contributed by atoms with Gasteiger partial charge in [0.25, 0.3) is 0 Å². The molecule has 0 spiro atoms. The van der Waals surface area contributed by atoms with E-state index in [0.717, 1.165) is 13.1 Å². The summed E-state index contributed by atoms with van der Waals surface area (Å²) in [4.78, 5) is 6.64. The third-order valence-electron chi connectivity index (χ3n) is 3.68. The summed E-state index contributed by atoms with van der Waals surface area (Å²) in [5, 5.41) is 4.44. The molecule has 20 heavy (non-hydrogen) atoms. The van der Waals surface area contributed by atoms with Crippen LogP contribution < -0.4 is 0 Å². The van der Waals surface area contributed by atoms with Gasteiger partial charge in [-0.15, -0.1) is 11.3 Å². The Hall–Kier alpha value is -0.200. The smallest absolute Gasteiger partial charge is 0.0701 e. The molecule has 0 bridgehead atoms. The molecule has 2 aromatic heterocycles. The molecule has 0 radical (unpaired) electrons. The molecule has 0 amide bonds. The zero-order valence-corrected chi connectivity index (χ0v) is 14.6. The molecule has 5 heteroatoms. The summed E-state index contributed by atoms with van der Waals surface area (Å²) >= 11 is 7.20. The lowest BCUT2D eigenvalue weighted by Gasteiger charge is -2.21. The predicted octanol–water partition coefficient (Wildman–Crippen LogP) is 4.28. The quantitative estimate of drug-likeness (QED) is 0.792. The second-order valence-electron chi connectivity index (χ2n) is 5.24. The summed E-state index contributed by atoms with van der Waals surface area (Å²) in [6.07, 6.45) is 1.27. The van der Waals surface area contributed by atoms with E-state index in [9.17, 15) is 0 Å². The van der Waals surface area contributed by atoms with E-state index in [1.807, 2.05) is 11.3 Å². The van der Waals surface area contributed by atoms with Gasteiger partial charge in [0.2, 0.25) is 0 Å². The molecule has 3 rings (SSSR count). The summed E-state index contributed by atoms with van der Waals surface area (Å²) in [6.45, 7) is 7.02. The Bertz CT molecular complexity index is 524. The Labute approximate surface area is 137 Å². The maximum atomic E-state index is 3.55. The summed E-state index contributed by atoms with van der Waals surface area (Å²) in [5.74, 6) is 0. The Morgan fingerprint density at radius 3 is 2.45 bits per heavy atom. The SMILES string of the molecule is Brc1ccc(CN2CCCN(Cc3ccsc3)CC2)s1. The Kier molecular flexibility index (Phi) is 5.29. The number of hydrogen-bond acceptors (Lipinski definition) is 4. The molecule has 3 heterocycles. The molecule has 0 saturated carbocycles. The van der Waals surface area contributed by atoms with Crippen molar-refractivity contribution in [1.82, 2.24) is 9.80 Å². The molecular weight excluding hydrogens is 352 g/mol. The molecule has 0 N–H and O–H groups in total. The maximum absolute atomic E-state index is 3.55. The minimum atomic E-state index is 1.10. The fourth-order valence-electron chi connectivity index (χ4n) is 2.64. The van der Waals surface area contributed by atoms with Crippen molar-refractivity contribution in [2.75, 3.05) is 26.2 Å². The first kappa shape index (κ1) is 14.7. The van der Waals surface area contributed by atoms with Crippen LogP contribution in [0.15, 0.2) is 32.7 Å². The van der Waals surface area contributed by atoms with Gasteiger partial charge in [-0.25, -0.2) is 0 Å². The lowest BCUT2D eigenvalue weighted by atomic mass is 10.3. The number of halogens is 1. The van der Waals surface area contributed by atoms with Crippen molar-refractivity contribution in [2.24, 2.45) is 0 Å². The Morgan fingerprint density at radius 2 is 1.80 bits per heavy atom. The highest BCUT2D eigenvalue weighted by Crippen LogP contribution is 2.23. The summed E-state index contributed by atoms with van der Waals surface area (Å²) in [7, 11) is 0. The van der Waals surface area contributed by atoms with E-state index < -0.39 is 0 Å². The molecular formula is C15H19BrN2S2. The highest BCUT2D eigenvalue weighted by molar-refractivity contribution is 9.11. The van der Waals surface area contributed by atoms with E-state index in [0.29, 0.717) is 0 Å². The Balaban J connectivity index is 1.51. The van der Waals surface area contributed by atoms with Crippen molar-refractivity contribution >= 4 is 38.6 Å². The fourth-order valence-corrected chi connectivity index (χ4v) is 4.82. The number of thiophene rings is 2. The van der Waals surface area contributed by atoms with Gasteiger partial charge in [-0.1, -0.05) is 0 Å². The Morgan fingerprint density at radius 1 is 1.00 bits per heavy atom. The highest BCUT2D eigenvalue weighted by atomic mass is 79.9. The van der Waals surface area contributed by atoms with Crippen molar-refractivity contribution in [2.45, 2.75) is 19.5 Å². The van der Waals surface area contributed by atoms with Crippen molar-refractivity contribution in [3.63, 3.8) is 0 Å². The van der Waals surface area contributed by atoms with Crippen LogP contribution >= 0.6 is 38.6 Å². The minimum Gasteiger partial charge on any atom is -0.298 e. The normalized spacial score (nSPS) is 18.2. The van der Waals surface area contributed by atoms with Crippen LogP contribution in [0.3, 0.4) is 0 Å². The van der Waals surface area contributed by atoms with Gasteiger partial charge in [-0.3, -0.25) is 9.80 Å². The van der Waals surface area contributed by atoms with Crippen LogP contribution in [-0.4, -0.2) is 36.0 Å². The molecule has 2 aromatic rings. The third kappa shape index (κ3) is 4.15. The minimum absolute atomic E-state index is 1.10. The highest BCUT2D eigenvalue weighted by Gasteiger charge is 2.15. The van der Waals surface area contributed by atoms with Gasteiger partial charge in [-0.05, 0) is 70.0 Å². The maximum Gasteiger partial charge on any atom is 0.0701 e. The second kappa shape index (κ2) is 7.18. The second-order valence-corrected chi connectivity index (χ2v) is 8.57. The van der Waals surface area contributed by atoms with Crippen LogP contribution in [0.2, 0.25) is 0 Å². The lowest BCUT2D eigenvalue weighted by Crippen LogP contribution is -2.30. The number of rotatable bonds is 4. The van der Waals surface area contributed by atoms with Crippen molar-refractivity contribution in [1.29, 1.82) is 0 Å². The first-order valence-electron chi connectivity index (χ1n) is 6.99. The van der Waals surface area contributed by atoms with Crippen molar-refractivity contribution in [3.8, 4) is 0 Å². The van der Waals surface area contributed by atoms with Gasteiger partial charge in [0, 0.05) is 31.1 Å². The molecule has 0 atom stereocenters. The molecule has 1 saturated heterocycles. The summed E-state index contributed by atoms with van der Waals surface area (Å²) in [5.41, 5.74) is 1.46. The molecule has 2 nitrogen and oxygen atoms in total. The van der Waals surface area contributed by atoms with Gasteiger partial charge in [0.15, 0.2) is 0 Å². The monoisotopic (exact) mass is 370 g/mol. The van der Waals surface area contributed by atoms with Crippen LogP contribution in [-0.2, 0) is 13.1 Å². The molecule has 1 aliphatic heterocycles. The van der Waals surface area contributed by atoms with Crippen LogP contribution in [0.5, 0.6) is 0 Å².